The molecule has 1 saturated heterocycles. The topological polar surface area (TPSA) is 95.9 Å². The Hall–Kier alpha value is -2.08. The lowest BCUT2D eigenvalue weighted by Gasteiger charge is -2.11. The highest BCUT2D eigenvalue weighted by atomic mass is 16.5. The molecule has 1 aliphatic rings. The van der Waals surface area contributed by atoms with Gasteiger partial charge in [-0.3, -0.25) is 4.79 Å². The van der Waals surface area contributed by atoms with E-state index in [1.807, 2.05) is 0 Å². The van der Waals surface area contributed by atoms with Gasteiger partial charge in [0.1, 0.15) is 17.4 Å². The summed E-state index contributed by atoms with van der Waals surface area (Å²) in [4.78, 5) is 22.6. The number of carbonyl (C=O) groups is 2. The van der Waals surface area contributed by atoms with Crippen LogP contribution in [0.3, 0.4) is 0 Å². The third-order valence-electron chi connectivity index (χ3n) is 2.72. The van der Waals surface area contributed by atoms with E-state index in [1.54, 1.807) is 0 Å². The summed E-state index contributed by atoms with van der Waals surface area (Å²) >= 11 is 0. The number of carboxylic acids is 1. The first-order chi connectivity index (χ1) is 8.58. The summed E-state index contributed by atoms with van der Waals surface area (Å²) in [7, 11) is 0. The van der Waals surface area contributed by atoms with E-state index in [0.717, 1.165) is 6.42 Å². The van der Waals surface area contributed by atoms with Gasteiger partial charge in [0.15, 0.2) is 0 Å². The molecule has 96 valence electrons. The highest BCUT2D eigenvalue weighted by molar-refractivity contribution is 5.97. The average molecular weight is 251 g/mol. The van der Waals surface area contributed by atoms with E-state index in [-0.39, 0.29) is 17.2 Å². The summed E-state index contributed by atoms with van der Waals surface area (Å²) in [6.07, 6.45) is 1.02. The minimum atomic E-state index is -1.25. The van der Waals surface area contributed by atoms with Crippen LogP contribution in [0.15, 0.2) is 18.2 Å². The number of ether oxygens (including phenoxy) is 1. The minimum absolute atomic E-state index is 0.250. The summed E-state index contributed by atoms with van der Waals surface area (Å²) in [6, 6.07) is 3.88. The van der Waals surface area contributed by atoms with Crippen LogP contribution in [0.1, 0.15) is 23.2 Å². The predicted octanol–water partition coefficient (Wildman–Crippen LogP) is 1.21. The monoisotopic (exact) mass is 251 g/mol. The number of rotatable bonds is 3. The summed E-state index contributed by atoms with van der Waals surface area (Å²) in [5, 5.41) is 20.7. The van der Waals surface area contributed by atoms with Crippen LogP contribution in [0.2, 0.25) is 0 Å². The number of anilines is 1. The summed E-state index contributed by atoms with van der Waals surface area (Å²) < 4.78 is 5.21. The fraction of sp³-hybridized carbons (Fsp3) is 0.333. The Bertz CT molecular complexity index is 479. The van der Waals surface area contributed by atoms with Crippen molar-refractivity contribution in [3.8, 4) is 5.75 Å². The molecule has 6 heteroatoms. The molecule has 0 saturated carbocycles. The van der Waals surface area contributed by atoms with E-state index in [1.165, 1.54) is 18.2 Å². The maximum atomic E-state index is 11.7. The SMILES string of the molecule is O=C(O)c1cc(NC(=O)[C@H]2CCCO2)ccc1O. The quantitative estimate of drug-likeness (QED) is 0.702. The van der Waals surface area contributed by atoms with Gasteiger partial charge in [-0.2, -0.15) is 0 Å². The van der Waals surface area contributed by atoms with E-state index < -0.39 is 12.1 Å². The number of carbonyl (C=O) groups excluding carboxylic acids is 1. The molecule has 3 N–H and O–H groups in total. The Morgan fingerprint density at radius 3 is 2.78 bits per heavy atom. The second-order valence-electron chi connectivity index (χ2n) is 4.03. The predicted molar refractivity (Wildman–Crippen MR) is 62.7 cm³/mol. The largest absolute Gasteiger partial charge is 0.507 e. The standard InChI is InChI=1S/C12H13NO5/c14-9-4-3-7(6-8(9)12(16)17)13-11(15)10-2-1-5-18-10/h3-4,6,10,14H,1-2,5H2,(H,13,15)(H,16,17)/t10-/m1/s1. The van der Waals surface area contributed by atoms with Crippen molar-refractivity contribution < 1.29 is 24.5 Å². The Balaban J connectivity index is 2.11. The molecule has 0 aliphatic carbocycles. The van der Waals surface area contributed by atoms with Gasteiger partial charge in [0.05, 0.1) is 0 Å². The molecule has 1 fully saturated rings. The van der Waals surface area contributed by atoms with Crippen molar-refractivity contribution in [3.05, 3.63) is 23.8 Å². The number of hydrogen-bond acceptors (Lipinski definition) is 4. The van der Waals surface area contributed by atoms with Crippen molar-refractivity contribution in [2.24, 2.45) is 0 Å². The minimum Gasteiger partial charge on any atom is -0.507 e. The van der Waals surface area contributed by atoms with Crippen molar-refractivity contribution in [1.82, 2.24) is 0 Å². The summed E-state index contributed by atoms with van der Waals surface area (Å²) in [6.45, 7) is 0.564. The molecular weight excluding hydrogens is 238 g/mol. The lowest BCUT2D eigenvalue weighted by Crippen LogP contribution is -2.26. The van der Waals surface area contributed by atoms with Crippen molar-refractivity contribution in [1.29, 1.82) is 0 Å². The van der Waals surface area contributed by atoms with Crippen molar-refractivity contribution in [2.75, 3.05) is 11.9 Å². The zero-order chi connectivity index (χ0) is 13.1. The van der Waals surface area contributed by atoms with Gasteiger partial charge in [-0.25, -0.2) is 4.79 Å². The van der Waals surface area contributed by atoms with Gasteiger partial charge in [0, 0.05) is 12.3 Å². The maximum absolute atomic E-state index is 11.7. The van der Waals surface area contributed by atoms with Crippen molar-refractivity contribution in [2.45, 2.75) is 18.9 Å². The lowest BCUT2D eigenvalue weighted by molar-refractivity contribution is -0.124. The van der Waals surface area contributed by atoms with Crippen molar-refractivity contribution >= 4 is 17.6 Å². The molecule has 1 aromatic rings. The smallest absolute Gasteiger partial charge is 0.339 e. The number of aromatic carboxylic acids is 1. The highest BCUT2D eigenvalue weighted by Gasteiger charge is 2.23. The molecule has 0 radical (unpaired) electrons. The summed E-state index contributed by atoms with van der Waals surface area (Å²) in [5.74, 6) is -1.88. The van der Waals surface area contributed by atoms with Gasteiger partial charge in [-0.05, 0) is 31.0 Å². The van der Waals surface area contributed by atoms with Gasteiger partial charge in [0.2, 0.25) is 0 Å². The van der Waals surface area contributed by atoms with Crippen LogP contribution in [-0.2, 0) is 9.53 Å². The van der Waals surface area contributed by atoms with Gasteiger partial charge in [-0.1, -0.05) is 0 Å². The van der Waals surface area contributed by atoms with E-state index in [2.05, 4.69) is 5.32 Å². The number of amides is 1. The molecule has 6 nitrogen and oxygen atoms in total. The van der Waals surface area contributed by atoms with E-state index >= 15 is 0 Å². The molecule has 1 atom stereocenters. The molecule has 0 aromatic heterocycles. The second kappa shape index (κ2) is 5.05. The number of benzene rings is 1. The molecule has 0 spiro atoms. The van der Waals surface area contributed by atoms with E-state index in [0.29, 0.717) is 18.7 Å². The average Bonchev–Trinajstić information content (AvgIpc) is 2.85. The van der Waals surface area contributed by atoms with Crippen LogP contribution in [0.25, 0.3) is 0 Å². The van der Waals surface area contributed by atoms with Crippen LogP contribution < -0.4 is 5.32 Å². The molecule has 2 rings (SSSR count). The van der Waals surface area contributed by atoms with Crippen molar-refractivity contribution in [3.63, 3.8) is 0 Å². The molecular formula is C12H13NO5. The van der Waals surface area contributed by atoms with Gasteiger partial charge >= 0.3 is 5.97 Å². The van der Waals surface area contributed by atoms with Gasteiger partial charge < -0.3 is 20.3 Å². The number of hydrogen-bond donors (Lipinski definition) is 3. The van der Waals surface area contributed by atoms with Crippen LogP contribution in [-0.4, -0.2) is 34.8 Å². The number of phenols is 1. The number of nitrogens with one attached hydrogen (secondary N) is 1. The van der Waals surface area contributed by atoms with E-state index in [9.17, 15) is 14.7 Å². The third-order valence-corrected chi connectivity index (χ3v) is 2.72. The number of aromatic hydroxyl groups is 1. The lowest BCUT2D eigenvalue weighted by atomic mass is 10.1. The first kappa shape index (κ1) is 12.4. The normalized spacial score (nSPS) is 18.6. The van der Waals surface area contributed by atoms with E-state index in [4.69, 9.17) is 9.84 Å². The molecule has 1 aliphatic heterocycles. The molecule has 1 heterocycles. The molecule has 0 unspecified atom stereocenters. The molecule has 1 aromatic carbocycles. The fourth-order valence-corrected chi connectivity index (χ4v) is 1.79. The molecule has 0 bridgehead atoms. The Labute approximate surface area is 103 Å². The molecule has 18 heavy (non-hydrogen) atoms. The van der Waals surface area contributed by atoms with Crippen LogP contribution >= 0.6 is 0 Å². The van der Waals surface area contributed by atoms with Crippen LogP contribution in [0.5, 0.6) is 5.75 Å². The summed E-state index contributed by atoms with van der Waals surface area (Å²) in [5.41, 5.74) is 0.0749. The Morgan fingerprint density at radius 1 is 1.39 bits per heavy atom. The highest BCUT2D eigenvalue weighted by Crippen LogP contribution is 2.22. The van der Waals surface area contributed by atoms with Gasteiger partial charge in [0.25, 0.3) is 5.91 Å². The Morgan fingerprint density at radius 2 is 2.17 bits per heavy atom. The fourth-order valence-electron chi connectivity index (χ4n) is 1.79. The second-order valence-corrected chi connectivity index (χ2v) is 4.03. The zero-order valence-electron chi connectivity index (χ0n) is 9.55. The van der Waals surface area contributed by atoms with Crippen LogP contribution in [0.4, 0.5) is 5.69 Å². The number of carboxylic acid groups (broad SMARTS) is 1. The Kier molecular flexibility index (Phi) is 3.47. The van der Waals surface area contributed by atoms with Gasteiger partial charge in [-0.15, -0.1) is 0 Å². The molecule has 1 amide bonds. The first-order valence-electron chi connectivity index (χ1n) is 5.56. The third kappa shape index (κ3) is 2.60. The zero-order valence-corrected chi connectivity index (χ0v) is 9.55. The maximum Gasteiger partial charge on any atom is 0.339 e. The van der Waals surface area contributed by atoms with Crippen LogP contribution in [0, 0.1) is 0 Å². The first-order valence-corrected chi connectivity index (χ1v) is 5.56.